The Morgan fingerprint density at radius 2 is 1.81 bits per heavy atom. The first-order valence-corrected chi connectivity index (χ1v) is 8.66. The van der Waals surface area contributed by atoms with Crippen molar-refractivity contribution in [3.8, 4) is 0 Å². The van der Waals surface area contributed by atoms with Crippen molar-refractivity contribution in [2.24, 2.45) is 0 Å². The number of anilines is 2. The number of nitrogens with zero attached hydrogens (tertiary/aromatic N) is 3. The van der Waals surface area contributed by atoms with Crippen molar-refractivity contribution >= 4 is 23.0 Å². The van der Waals surface area contributed by atoms with Crippen LogP contribution in [0.4, 0.5) is 17.1 Å². The number of carbonyl (C=O) groups is 1. The molecule has 0 radical (unpaired) electrons. The molecule has 26 heavy (non-hydrogen) atoms. The van der Waals surface area contributed by atoms with Gasteiger partial charge in [0.1, 0.15) is 5.69 Å². The van der Waals surface area contributed by atoms with Crippen LogP contribution in [0.1, 0.15) is 15.9 Å². The van der Waals surface area contributed by atoms with E-state index in [-0.39, 0.29) is 11.6 Å². The van der Waals surface area contributed by atoms with Crippen LogP contribution in [0.5, 0.6) is 0 Å². The standard InChI is InChI=1S/C19H19N3O4/c23-19(20-9-11-26-12-10-20)15-5-6-17(18(13-15)22(24)25)21-8-7-14-3-1-2-4-16(14)21/h1-6,13H,7-12H2. The third-order valence-electron chi connectivity index (χ3n) is 4.90. The van der Waals surface area contributed by atoms with Crippen molar-refractivity contribution in [2.75, 3.05) is 37.7 Å². The first-order valence-electron chi connectivity index (χ1n) is 8.66. The van der Waals surface area contributed by atoms with Crippen LogP contribution in [0.15, 0.2) is 42.5 Å². The molecule has 2 heterocycles. The molecule has 134 valence electrons. The van der Waals surface area contributed by atoms with Crippen LogP contribution in [-0.2, 0) is 11.2 Å². The predicted octanol–water partition coefficient (Wildman–Crippen LogP) is 2.76. The second kappa shape index (κ2) is 6.76. The highest BCUT2D eigenvalue weighted by Crippen LogP contribution is 2.39. The Morgan fingerprint density at radius 1 is 1.04 bits per heavy atom. The van der Waals surface area contributed by atoms with E-state index in [1.165, 1.54) is 11.6 Å². The van der Waals surface area contributed by atoms with Gasteiger partial charge in [0.25, 0.3) is 11.6 Å². The van der Waals surface area contributed by atoms with Gasteiger partial charge >= 0.3 is 0 Å². The van der Waals surface area contributed by atoms with E-state index in [9.17, 15) is 14.9 Å². The zero-order valence-electron chi connectivity index (χ0n) is 14.3. The van der Waals surface area contributed by atoms with Crippen LogP contribution in [0.25, 0.3) is 0 Å². The molecule has 7 heteroatoms. The monoisotopic (exact) mass is 353 g/mol. The average molecular weight is 353 g/mol. The Morgan fingerprint density at radius 3 is 2.58 bits per heavy atom. The van der Waals surface area contributed by atoms with E-state index in [2.05, 4.69) is 0 Å². The lowest BCUT2D eigenvalue weighted by Crippen LogP contribution is -2.40. The highest BCUT2D eigenvalue weighted by molar-refractivity contribution is 5.96. The van der Waals surface area contributed by atoms with Crippen molar-refractivity contribution in [1.82, 2.24) is 4.90 Å². The number of rotatable bonds is 3. The molecular weight excluding hydrogens is 334 g/mol. The van der Waals surface area contributed by atoms with E-state index in [1.54, 1.807) is 17.0 Å². The molecule has 0 saturated carbocycles. The molecule has 0 N–H and O–H groups in total. The lowest BCUT2D eigenvalue weighted by atomic mass is 10.1. The first kappa shape index (κ1) is 16.5. The summed E-state index contributed by atoms with van der Waals surface area (Å²) in [6.45, 7) is 2.70. The number of ether oxygens (including phenoxy) is 1. The number of hydrogen-bond acceptors (Lipinski definition) is 5. The highest BCUT2D eigenvalue weighted by atomic mass is 16.6. The van der Waals surface area contributed by atoms with E-state index in [0.29, 0.717) is 44.1 Å². The summed E-state index contributed by atoms with van der Waals surface area (Å²) in [7, 11) is 0. The second-order valence-corrected chi connectivity index (χ2v) is 6.40. The summed E-state index contributed by atoms with van der Waals surface area (Å²) < 4.78 is 5.26. The summed E-state index contributed by atoms with van der Waals surface area (Å²) in [5.41, 5.74) is 2.99. The summed E-state index contributed by atoms with van der Waals surface area (Å²) >= 11 is 0. The van der Waals surface area contributed by atoms with Crippen molar-refractivity contribution in [3.63, 3.8) is 0 Å². The van der Waals surface area contributed by atoms with Gasteiger partial charge in [-0.2, -0.15) is 0 Å². The number of morpholine rings is 1. The SMILES string of the molecule is O=C(c1ccc(N2CCc3ccccc32)c([N+](=O)[O-])c1)N1CCOCC1. The molecule has 1 amide bonds. The highest BCUT2D eigenvalue weighted by Gasteiger charge is 2.28. The van der Waals surface area contributed by atoms with Gasteiger partial charge in [-0.1, -0.05) is 18.2 Å². The average Bonchev–Trinajstić information content (AvgIpc) is 3.11. The largest absolute Gasteiger partial charge is 0.378 e. The maximum absolute atomic E-state index is 12.6. The van der Waals surface area contributed by atoms with Gasteiger partial charge in [-0.05, 0) is 30.2 Å². The molecule has 0 aromatic heterocycles. The van der Waals surface area contributed by atoms with Crippen LogP contribution >= 0.6 is 0 Å². The number of nitro groups is 1. The van der Waals surface area contributed by atoms with E-state index in [0.717, 1.165) is 12.1 Å². The smallest absolute Gasteiger partial charge is 0.293 e. The minimum atomic E-state index is -0.410. The Hall–Kier alpha value is -2.93. The van der Waals surface area contributed by atoms with Gasteiger partial charge in [-0.3, -0.25) is 14.9 Å². The zero-order chi connectivity index (χ0) is 18.1. The summed E-state index contributed by atoms with van der Waals surface area (Å²) in [5, 5.41) is 11.7. The minimum Gasteiger partial charge on any atom is -0.378 e. The number of amides is 1. The molecule has 7 nitrogen and oxygen atoms in total. The Balaban J connectivity index is 1.69. The Labute approximate surface area is 150 Å². The molecule has 2 aromatic carbocycles. The van der Waals surface area contributed by atoms with Crippen LogP contribution in [0, 0.1) is 10.1 Å². The molecule has 2 aliphatic heterocycles. The van der Waals surface area contributed by atoms with Gasteiger partial charge in [0.05, 0.1) is 18.1 Å². The van der Waals surface area contributed by atoms with Gasteiger partial charge in [0.2, 0.25) is 0 Å². The van der Waals surface area contributed by atoms with Gasteiger partial charge in [0.15, 0.2) is 0 Å². The van der Waals surface area contributed by atoms with Gasteiger partial charge < -0.3 is 14.5 Å². The topological polar surface area (TPSA) is 75.9 Å². The van der Waals surface area contributed by atoms with Crippen molar-refractivity contribution in [3.05, 3.63) is 63.7 Å². The Bertz CT molecular complexity index is 862. The van der Waals surface area contributed by atoms with Crippen LogP contribution in [-0.4, -0.2) is 48.6 Å². The zero-order valence-corrected chi connectivity index (χ0v) is 14.3. The molecule has 0 atom stereocenters. The van der Waals surface area contributed by atoms with E-state index >= 15 is 0 Å². The predicted molar refractivity (Wildman–Crippen MR) is 97.0 cm³/mol. The van der Waals surface area contributed by atoms with Gasteiger partial charge in [-0.25, -0.2) is 0 Å². The molecule has 4 rings (SSSR count). The molecule has 1 saturated heterocycles. The lowest BCUT2D eigenvalue weighted by molar-refractivity contribution is -0.384. The number of nitro benzene ring substituents is 1. The summed E-state index contributed by atoms with van der Waals surface area (Å²) in [5.74, 6) is -0.190. The molecule has 1 fully saturated rings. The molecule has 0 spiro atoms. The number of hydrogen-bond donors (Lipinski definition) is 0. The fourth-order valence-electron chi connectivity index (χ4n) is 3.57. The van der Waals surface area contributed by atoms with Crippen molar-refractivity contribution < 1.29 is 14.5 Å². The normalized spacial score (nSPS) is 16.5. The van der Waals surface area contributed by atoms with E-state index in [4.69, 9.17) is 4.74 Å². The lowest BCUT2D eigenvalue weighted by Gasteiger charge is -2.27. The summed E-state index contributed by atoms with van der Waals surface area (Å²) in [6, 6.07) is 12.7. The molecule has 0 aliphatic carbocycles. The van der Waals surface area contributed by atoms with Gasteiger partial charge in [-0.15, -0.1) is 0 Å². The molecule has 0 unspecified atom stereocenters. The Kier molecular flexibility index (Phi) is 4.30. The fraction of sp³-hybridized carbons (Fsp3) is 0.316. The number of fused-ring (bicyclic) bond motifs is 1. The van der Waals surface area contributed by atoms with E-state index in [1.807, 2.05) is 29.2 Å². The van der Waals surface area contributed by atoms with Crippen molar-refractivity contribution in [1.29, 1.82) is 0 Å². The van der Waals surface area contributed by atoms with Crippen LogP contribution in [0.3, 0.4) is 0 Å². The summed E-state index contributed by atoms with van der Waals surface area (Å²) in [6.07, 6.45) is 0.849. The van der Waals surface area contributed by atoms with Crippen molar-refractivity contribution in [2.45, 2.75) is 6.42 Å². The van der Waals surface area contributed by atoms with Gasteiger partial charge in [0, 0.05) is 37.0 Å². The third kappa shape index (κ3) is 2.90. The molecular formula is C19H19N3O4. The van der Waals surface area contributed by atoms with E-state index < -0.39 is 4.92 Å². The quantitative estimate of drug-likeness (QED) is 0.626. The molecule has 2 aromatic rings. The number of para-hydroxylation sites is 1. The minimum absolute atomic E-state index is 0.0409. The molecule has 2 aliphatic rings. The third-order valence-corrected chi connectivity index (χ3v) is 4.90. The number of benzene rings is 2. The van der Waals surface area contributed by atoms with Crippen LogP contribution in [0.2, 0.25) is 0 Å². The second-order valence-electron chi connectivity index (χ2n) is 6.40. The maximum atomic E-state index is 12.6. The number of carbonyl (C=O) groups excluding carboxylic acids is 1. The summed E-state index contributed by atoms with van der Waals surface area (Å²) in [4.78, 5) is 27.5. The molecule has 0 bridgehead atoms. The first-order chi connectivity index (χ1) is 12.6. The fourth-order valence-corrected chi connectivity index (χ4v) is 3.57. The maximum Gasteiger partial charge on any atom is 0.293 e. The van der Waals surface area contributed by atoms with Crippen LogP contribution < -0.4 is 4.90 Å².